The van der Waals surface area contributed by atoms with E-state index >= 15 is 0 Å². The molecule has 14 heavy (non-hydrogen) atoms. The van der Waals surface area contributed by atoms with Gasteiger partial charge in [0.25, 0.3) is 0 Å². The lowest BCUT2D eigenvalue weighted by Crippen LogP contribution is -2.13. The average molecular weight is 208 g/mol. The van der Waals surface area contributed by atoms with Gasteiger partial charge in [0.15, 0.2) is 5.90 Å². The lowest BCUT2D eigenvalue weighted by molar-refractivity contribution is 0.205. The second kappa shape index (κ2) is 2.99. The van der Waals surface area contributed by atoms with Gasteiger partial charge in [0.05, 0.1) is 5.88 Å². The van der Waals surface area contributed by atoms with E-state index in [1.807, 2.05) is 0 Å². The summed E-state index contributed by atoms with van der Waals surface area (Å²) in [5.41, 5.74) is 2.66. The van der Waals surface area contributed by atoms with E-state index in [4.69, 9.17) is 16.3 Å². The van der Waals surface area contributed by atoms with E-state index in [0.717, 1.165) is 6.42 Å². The van der Waals surface area contributed by atoms with Gasteiger partial charge in [-0.1, -0.05) is 24.3 Å². The van der Waals surface area contributed by atoms with Gasteiger partial charge in [-0.3, -0.25) is 0 Å². The quantitative estimate of drug-likeness (QED) is 0.648. The van der Waals surface area contributed by atoms with Crippen LogP contribution in [0.1, 0.15) is 17.2 Å². The summed E-state index contributed by atoms with van der Waals surface area (Å²) in [4.78, 5) is 4.47. The molecule has 0 radical (unpaired) electrons. The molecule has 0 N–H and O–H groups in total. The number of fused-ring (bicyclic) bond motifs is 3. The smallest absolute Gasteiger partial charge is 0.199 e. The van der Waals surface area contributed by atoms with E-state index < -0.39 is 0 Å². The number of halogens is 1. The van der Waals surface area contributed by atoms with E-state index in [1.165, 1.54) is 11.1 Å². The summed E-state index contributed by atoms with van der Waals surface area (Å²) in [5.74, 6) is 1.07. The molecule has 0 spiro atoms. The highest BCUT2D eigenvalue weighted by molar-refractivity contribution is 6.27. The average Bonchev–Trinajstić information content (AvgIpc) is 2.73. The molecule has 2 unspecified atom stereocenters. The molecule has 0 bridgehead atoms. The van der Waals surface area contributed by atoms with Crippen molar-refractivity contribution in [2.75, 3.05) is 5.88 Å². The third-order valence-electron chi connectivity index (χ3n) is 2.83. The Morgan fingerprint density at radius 1 is 1.43 bits per heavy atom. The molecule has 2 aliphatic rings. The fraction of sp³-hybridized carbons (Fsp3) is 0.364. The molecule has 0 saturated carbocycles. The van der Waals surface area contributed by atoms with E-state index in [-0.39, 0.29) is 12.1 Å². The Bertz CT molecular complexity index is 402. The van der Waals surface area contributed by atoms with Gasteiger partial charge in [0.1, 0.15) is 12.1 Å². The van der Waals surface area contributed by atoms with Gasteiger partial charge in [0.2, 0.25) is 0 Å². The molecule has 3 heteroatoms. The molecule has 72 valence electrons. The molecule has 2 atom stereocenters. The first-order chi connectivity index (χ1) is 6.88. The molecule has 2 nitrogen and oxygen atoms in total. The molecule has 1 heterocycles. The van der Waals surface area contributed by atoms with Crippen LogP contribution in [0, 0.1) is 0 Å². The van der Waals surface area contributed by atoms with Crippen LogP contribution < -0.4 is 0 Å². The normalized spacial score (nSPS) is 27.9. The van der Waals surface area contributed by atoms with Crippen molar-refractivity contribution in [3.05, 3.63) is 35.4 Å². The van der Waals surface area contributed by atoms with Gasteiger partial charge < -0.3 is 4.74 Å². The van der Waals surface area contributed by atoms with Gasteiger partial charge >= 0.3 is 0 Å². The third kappa shape index (κ3) is 1.07. The zero-order valence-electron chi connectivity index (χ0n) is 7.61. The van der Waals surface area contributed by atoms with Gasteiger partial charge in [-0.05, 0) is 11.1 Å². The molecule has 1 aromatic carbocycles. The molecule has 0 amide bonds. The minimum absolute atomic E-state index is 0.194. The van der Waals surface area contributed by atoms with Crippen molar-refractivity contribution < 1.29 is 4.74 Å². The summed E-state index contributed by atoms with van der Waals surface area (Å²) in [6.07, 6.45) is 1.16. The zero-order chi connectivity index (χ0) is 9.54. The predicted molar refractivity (Wildman–Crippen MR) is 55.9 cm³/mol. The molecule has 1 aliphatic carbocycles. The number of hydrogen-bond acceptors (Lipinski definition) is 2. The van der Waals surface area contributed by atoms with Crippen molar-refractivity contribution in [1.29, 1.82) is 0 Å². The van der Waals surface area contributed by atoms with Crippen LogP contribution >= 0.6 is 11.6 Å². The molecule has 0 aromatic heterocycles. The molecule has 1 aromatic rings. The molecular formula is C11H10ClNO. The van der Waals surface area contributed by atoms with Gasteiger partial charge in [-0.25, -0.2) is 4.99 Å². The SMILES string of the molecule is ClCC1=NC2c3ccccc3CC2O1. The lowest BCUT2D eigenvalue weighted by atomic mass is 10.1. The Hall–Kier alpha value is -1.02. The fourth-order valence-electron chi connectivity index (χ4n) is 2.22. The van der Waals surface area contributed by atoms with E-state index in [9.17, 15) is 0 Å². The van der Waals surface area contributed by atoms with Crippen LogP contribution in [0.2, 0.25) is 0 Å². The highest BCUT2D eigenvalue weighted by Gasteiger charge is 2.38. The van der Waals surface area contributed by atoms with Gasteiger partial charge in [-0.2, -0.15) is 0 Å². The van der Waals surface area contributed by atoms with Crippen LogP contribution in [0.5, 0.6) is 0 Å². The number of hydrogen-bond donors (Lipinski definition) is 0. The Morgan fingerprint density at radius 3 is 3.14 bits per heavy atom. The first-order valence-electron chi connectivity index (χ1n) is 4.75. The minimum Gasteiger partial charge on any atom is -0.474 e. The molecule has 1 aliphatic heterocycles. The minimum atomic E-state index is 0.194. The Balaban J connectivity index is 2.02. The summed E-state index contributed by atoms with van der Waals surface area (Å²) in [5, 5.41) is 0. The third-order valence-corrected chi connectivity index (χ3v) is 3.06. The lowest BCUT2D eigenvalue weighted by Gasteiger charge is -2.06. The van der Waals surface area contributed by atoms with Crippen LogP contribution in [0.25, 0.3) is 0 Å². The summed E-state index contributed by atoms with van der Waals surface area (Å²) < 4.78 is 5.64. The van der Waals surface area contributed by atoms with E-state index in [1.54, 1.807) is 0 Å². The molecular weight excluding hydrogens is 198 g/mol. The topological polar surface area (TPSA) is 21.6 Å². The summed E-state index contributed by atoms with van der Waals surface area (Å²) in [7, 11) is 0. The number of nitrogens with zero attached hydrogens (tertiary/aromatic N) is 1. The van der Waals surface area contributed by atoms with Crippen molar-refractivity contribution in [3.8, 4) is 0 Å². The summed E-state index contributed by atoms with van der Waals surface area (Å²) >= 11 is 5.69. The maximum absolute atomic E-state index is 5.69. The van der Waals surface area contributed by atoms with Crippen LogP contribution in [0.15, 0.2) is 29.3 Å². The second-order valence-corrected chi connectivity index (χ2v) is 3.93. The number of benzene rings is 1. The molecule has 0 saturated heterocycles. The van der Waals surface area contributed by atoms with E-state index in [0.29, 0.717) is 11.8 Å². The number of aliphatic imine (C=N–C) groups is 1. The number of alkyl halides is 1. The zero-order valence-corrected chi connectivity index (χ0v) is 8.37. The van der Waals surface area contributed by atoms with Gasteiger partial charge in [0, 0.05) is 6.42 Å². The fourth-order valence-corrected chi connectivity index (χ4v) is 2.35. The van der Waals surface area contributed by atoms with Crippen LogP contribution in [-0.4, -0.2) is 17.9 Å². The largest absolute Gasteiger partial charge is 0.474 e. The van der Waals surface area contributed by atoms with Crippen LogP contribution in [-0.2, 0) is 11.2 Å². The van der Waals surface area contributed by atoms with E-state index in [2.05, 4.69) is 29.3 Å². The highest BCUT2D eigenvalue weighted by atomic mass is 35.5. The van der Waals surface area contributed by atoms with Crippen molar-refractivity contribution >= 4 is 17.5 Å². The molecule has 0 fully saturated rings. The Kier molecular flexibility index (Phi) is 1.77. The molecule has 3 rings (SSSR count). The van der Waals surface area contributed by atoms with Crippen LogP contribution in [0.3, 0.4) is 0 Å². The standard InChI is InChI=1S/C11H10ClNO/c12-6-10-13-11-8-4-2-1-3-7(8)5-9(11)14-10/h1-4,9,11H,5-6H2. The monoisotopic (exact) mass is 207 g/mol. The summed E-state index contributed by atoms with van der Waals surface area (Å²) in [6.45, 7) is 0. The van der Waals surface area contributed by atoms with Crippen molar-refractivity contribution in [3.63, 3.8) is 0 Å². The second-order valence-electron chi connectivity index (χ2n) is 3.66. The summed E-state index contributed by atoms with van der Waals surface area (Å²) in [6, 6.07) is 8.58. The Labute approximate surface area is 87.6 Å². The first-order valence-corrected chi connectivity index (χ1v) is 5.29. The first kappa shape index (κ1) is 8.30. The highest BCUT2D eigenvalue weighted by Crippen LogP contribution is 2.39. The van der Waals surface area contributed by atoms with Crippen molar-refractivity contribution in [2.24, 2.45) is 4.99 Å². The Morgan fingerprint density at radius 2 is 2.29 bits per heavy atom. The van der Waals surface area contributed by atoms with Gasteiger partial charge in [-0.15, -0.1) is 11.6 Å². The number of ether oxygens (including phenoxy) is 1. The predicted octanol–water partition coefficient (Wildman–Crippen LogP) is 2.32. The maximum Gasteiger partial charge on any atom is 0.199 e. The number of rotatable bonds is 1. The maximum atomic E-state index is 5.69. The van der Waals surface area contributed by atoms with Crippen molar-refractivity contribution in [1.82, 2.24) is 0 Å². The van der Waals surface area contributed by atoms with Crippen molar-refractivity contribution in [2.45, 2.75) is 18.6 Å². The van der Waals surface area contributed by atoms with Crippen LogP contribution in [0.4, 0.5) is 0 Å².